The van der Waals surface area contributed by atoms with Crippen LogP contribution in [0.5, 0.6) is 5.75 Å². The molecule has 6 nitrogen and oxygen atoms in total. The van der Waals surface area contributed by atoms with Crippen LogP contribution in [0.4, 0.5) is 0 Å². The highest BCUT2D eigenvalue weighted by molar-refractivity contribution is 9.10. The number of ether oxygens (including phenoxy) is 1. The van der Waals surface area contributed by atoms with Crippen LogP contribution >= 0.6 is 15.9 Å². The Bertz CT molecular complexity index is 1100. The van der Waals surface area contributed by atoms with Crippen molar-refractivity contribution in [3.63, 3.8) is 0 Å². The predicted molar refractivity (Wildman–Crippen MR) is 109 cm³/mol. The molecular weight excluding hydrogens is 422 g/mol. The van der Waals surface area contributed by atoms with Gasteiger partial charge in [0.2, 0.25) is 0 Å². The van der Waals surface area contributed by atoms with Gasteiger partial charge in [0, 0.05) is 18.1 Å². The molecule has 2 aromatic carbocycles. The van der Waals surface area contributed by atoms with Gasteiger partial charge in [0.05, 0.1) is 17.2 Å². The fraction of sp³-hybridized carbons (Fsp3) is 0.143. The van der Waals surface area contributed by atoms with Crippen LogP contribution in [0, 0.1) is 0 Å². The lowest BCUT2D eigenvalue weighted by Gasteiger charge is -2.08. The van der Waals surface area contributed by atoms with Gasteiger partial charge in [-0.2, -0.15) is 5.10 Å². The van der Waals surface area contributed by atoms with Gasteiger partial charge in [0.15, 0.2) is 5.76 Å². The summed E-state index contributed by atoms with van der Waals surface area (Å²) in [6.45, 7) is 1.28. The molecule has 142 valence electrons. The summed E-state index contributed by atoms with van der Waals surface area (Å²) in [4.78, 5) is 12.2. The van der Waals surface area contributed by atoms with Gasteiger partial charge in [-0.25, -0.2) is 0 Å². The quantitative estimate of drug-likeness (QED) is 0.463. The minimum absolute atomic E-state index is 0.253. The average Bonchev–Trinajstić information content (AvgIpc) is 3.35. The van der Waals surface area contributed by atoms with Gasteiger partial charge >= 0.3 is 0 Å². The molecule has 0 saturated carbocycles. The highest BCUT2D eigenvalue weighted by Gasteiger charge is 2.11. The first kappa shape index (κ1) is 18.3. The first-order chi connectivity index (χ1) is 13.7. The maximum atomic E-state index is 12.2. The number of carbonyl (C=O) groups excluding carboxylic acids is 1. The van der Waals surface area contributed by atoms with Crippen molar-refractivity contribution in [3.05, 3.63) is 83.0 Å². The lowest BCUT2D eigenvalue weighted by Crippen LogP contribution is -2.27. The summed E-state index contributed by atoms with van der Waals surface area (Å²) >= 11 is 3.34. The van der Waals surface area contributed by atoms with Crippen LogP contribution in [0.1, 0.15) is 16.3 Å². The van der Waals surface area contributed by atoms with E-state index in [1.807, 2.05) is 48.7 Å². The molecule has 0 aliphatic heterocycles. The van der Waals surface area contributed by atoms with E-state index in [9.17, 15) is 4.79 Å². The highest BCUT2D eigenvalue weighted by atomic mass is 79.9. The average molecular weight is 440 g/mol. The molecule has 0 fully saturated rings. The van der Waals surface area contributed by atoms with E-state index in [0.29, 0.717) is 18.8 Å². The van der Waals surface area contributed by atoms with E-state index in [2.05, 4.69) is 26.3 Å². The molecule has 28 heavy (non-hydrogen) atoms. The number of rotatable bonds is 7. The summed E-state index contributed by atoms with van der Waals surface area (Å²) in [5.41, 5.74) is 0. The lowest BCUT2D eigenvalue weighted by molar-refractivity contribution is 0.0920. The van der Waals surface area contributed by atoms with Crippen molar-refractivity contribution in [2.24, 2.45) is 0 Å². The number of hydrogen-bond acceptors (Lipinski definition) is 4. The van der Waals surface area contributed by atoms with Crippen molar-refractivity contribution in [1.29, 1.82) is 0 Å². The number of benzene rings is 2. The van der Waals surface area contributed by atoms with Gasteiger partial charge in [-0.3, -0.25) is 9.48 Å². The van der Waals surface area contributed by atoms with Crippen LogP contribution < -0.4 is 10.1 Å². The molecule has 0 aliphatic rings. The smallest absolute Gasteiger partial charge is 0.287 e. The maximum Gasteiger partial charge on any atom is 0.287 e. The van der Waals surface area contributed by atoms with E-state index >= 15 is 0 Å². The third-order valence-corrected chi connectivity index (χ3v) is 4.64. The Balaban J connectivity index is 1.33. The van der Waals surface area contributed by atoms with Gasteiger partial charge in [0.25, 0.3) is 5.91 Å². The number of nitrogens with one attached hydrogen (secondary N) is 1. The molecule has 0 aliphatic carbocycles. The van der Waals surface area contributed by atoms with Crippen molar-refractivity contribution in [2.75, 3.05) is 6.54 Å². The molecule has 0 spiro atoms. The summed E-state index contributed by atoms with van der Waals surface area (Å²) in [5, 5.41) is 9.12. The summed E-state index contributed by atoms with van der Waals surface area (Å²) in [7, 11) is 0. The van der Waals surface area contributed by atoms with Gasteiger partial charge in [-0.1, -0.05) is 36.4 Å². The molecule has 0 bridgehead atoms. The normalized spacial score (nSPS) is 10.9. The molecule has 0 radical (unpaired) electrons. The van der Waals surface area contributed by atoms with Crippen molar-refractivity contribution < 1.29 is 13.9 Å². The molecule has 1 amide bonds. The van der Waals surface area contributed by atoms with Gasteiger partial charge in [-0.15, -0.1) is 0 Å². The number of hydrogen-bond donors (Lipinski definition) is 1. The van der Waals surface area contributed by atoms with Crippen molar-refractivity contribution in [2.45, 2.75) is 13.2 Å². The molecule has 0 saturated heterocycles. The number of nitrogens with zero attached hydrogens (tertiary/aromatic N) is 2. The molecule has 0 atom stereocenters. The molecule has 7 heteroatoms. The van der Waals surface area contributed by atoms with Gasteiger partial charge in [-0.05, 0) is 39.5 Å². The molecule has 4 aromatic rings. The van der Waals surface area contributed by atoms with Crippen molar-refractivity contribution >= 4 is 32.6 Å². The maximum absolute atomic E-state index is 12.2. The molecular formula is C21H18BrN3O3. The van der Waals surface area contributed by atoms with E-state index in [4.69, 9.17) is 9.15 Å². The summed E-state index contributed by atoms with van der Waals surface area (Å²) in [6, 6.07) is 17.4. The monoisotopic (exact) mass is 439 g/mol. The van der Waals surface area contributed by atoms with E-state index in [1.54, 1.807) is 23.0 Å². The number of amides is 1. The minimum atomic E-state index is -0.261. The van der Waals surface area contributed by atoms with Crippen LogP contribution in [0.3, 0.4) is 0 Å². The predicted octanol–water partition coefficient (Wildman–Crippen LogP) is 4.40. The van der Waals surface area contributed by atoms with E-state index < -0.39 is 0 Å². The fourth-order valence-corrected chi connectivity index (χ4v) is 3.21. The minimum Gasteiger partial charge on any atom is -0.485 e. The topological polar surface area (TPSA) is 69.3 Å². The standard InChI is InChI=1S/C21H18BrN3O3/c22-16-12-24-25(13-16)11-10-23-21(26)20-9-8-17(28-20)14-27-19-7-3-5-15-4-1-2-6-18(15)19/h1-9,12-13H,10-11,14H2,(H,23,26). The second-order valence-electron chi connectivity index (χ2n) is 6.21. The molecule has 2 aromatic heterocycles. The van der Waals surface area contributed by atoms with Crippen LogP contribution in [-0.2, 0) is 13.2 Å². The Hall–Kier alpha value is -3.06. The van der Waals surface area contributed by atoms with Crippen molar-refractivity contribution in [3.8, 4) is 5.75 Å². The van der Waals surface area contributed by atoms with Gasteiger partial charge in [0.1, 0.15) is 18.1 Å². The molecule has 1 N–H and O–H groups in total. The van der Waals surface area contributed by atoms with E-state index in [-0.39, 0.29) is 18.3 Å². The number of carbonyl (C=O) groups is 1. The highest BCUT2D eigenvalue weighted by Crippen LogP contribution is 2.26. The molecule has 0 unspecified atom stereocenters. The van der Waals surface area contributed by atoms with Crippen LogP contribution in [-0.4, -0.2) is 22.2 Å². The SMILES string of the molecule is O=C(NCCn1cc(Br)cn1)c1ccc(COc2cccc3ccccc23)o1. The van der Waals surface area contributed by atoms with Crippen LogP contribution in [0.25, 0.3) is 10.8 Å². The van der Waals surface area contributed by atoms with Crippen LogP contribution in [0.2, 0.25) is 0 Å². The Kier molecular flexibility index (Phi) is 5.43. The second-order valence-corrected chi connectivity index (χ2v) is 7.13. The zero-order valence-electron chi connectivity index (χ0n) is 15.0. The zero-order valence-corrected chi connectivity index (χ0v) is 16.6. The Morgan fingerprint density at radius 2 is 2.00 bits per heavy atom. The zero-order chi connectivity index (χ0) is 19.3. The van der Waals surface area contributed by atoms with Gasteiger partial charge < -0.3 is 14.5 Å². The van der Waals surface area contributed by atoms with Crippen LogP contribution in [0.15, 0.2) is 75.9 Å². The first-order valence-electron chi connectivity index (χ1n) is 8.84. The third kappa shape index (κ3) is 4.26. The number of fused-ring (bicyclic) bond motifs is 1. The third-order valence-electron chi connectivity index (χ3n) is 4.23. The van der Waals surface area contributed by atoms with E-state index in [1.165, 1.54) is 0 Å². The second kappa shape index (κ2) is 8.31. The lowest BCUT2D eigenvalue weighted by atomic mass is 10.1. The largest absolute Gasteiger partial charge is 0.485 e. The van der Waals surface area contributed by atoms with Crippen molar-refractivity contribution in [1.82, 2.24) is 15.1 Å². The Labute approximate surface area is 170 Å². The number of aromatic nitrogens is 2. The molecule has 2 heterocycles. The van der Waals surface area contributed by atoms with E-state index in [0.717, 1.165) is 21.0 Å². The number of halogens is 1. The Morgan fingerprint density at radius 1 is 1.14 bits per heavy atom. The fourth-order valence-electron chi connectivity index (χ4n) is 2.88. The Morgan fingerprint density at radius 3 is 2.86 bits per heavy atom. The molecule has 4 rings (SSSR count). The first-order valence-corrected chi connectivity index (χ1v) is 9.64. The number of furan rings is 1. The summed E-state index contributed by atoms with van der Waals surface area (Å²) < 4.78 is 14.2. The summed E-state index contributed by atoms with van der Waals surface area (Å²) in [5.74, 6) is 1.38. The summed E-state index contributed by atoms with van der Waals surface area (Å²) in [6.07, 6.45) is 3.55.